The lowest BCUT2D eigenvalue weighted by atomic mass is 9.68. The van der Waals surface area contributed by atoms with Gasteiger partial charge in [-0.05, 0) is 12.8 Å². The molecule has 104 valence electrons. The lowest BCUT2D eigenvalue weighted by molar-refractivity contribution is -0.130. The smallest absolute Gasteiger partial charge is 0.219 e. The fourth-order valence-corrected chi connectivity index (χ4v) is 3.77. The van der Waals surface area contributed by atoms with Crippen molar-refractivity contribution in [2.24, 2.45) is 16.9 Å². The summed E-state index contributed by atoms with van der Waals surface area (Å²) in [5.74, 6) is -0.00375. The summed E-state index contributed by atoms with van der Waals surface area (Å²) in [5.41, 5.74) is 11.9. The summed E-state index contributed by atoms with van der Waals surface area (Å²) in [6.07, 6.45) is 1.00. The predicted molar refractivity (Wildman–Crippen MR) is 75.2 cm³/mol. The molecule has 20 heavy (non-hydrogen) atoms. The van der Waals surface area contributed by atoms with Crippen LogP contribution in [0.4, 0.5) is 0 Å². The van der Waals surface area contributed by atoms with E-state index in [9.17, 15) is 15.3 Å². The molecule has 2 heterocycles. The summed E-state index contributed by atoms with van der Waals surface area (Å²) in [5, 5.41) is 19.5. The second-order valence-electron chi connectivity index (χ2n) is 4.89. The molecule has 7 heteroatoms. The van der Waals surface area contributed by atoms with Gasteiger partial charge in [-0.1, -0.05) is 11.8 Å². The Morgan fingerprint density at radius 2 is 1.65 bits per heavy atom. The van der Waals surface area contributed by atoms with Crippen LogP contribution < -0.4 is 11.5 Å². The van der Waals surface area contributed by atoms with E-state index in [0.717, 1.165) is 11.8 Å². The van der Waals surface area contributed by atoms with Crippen molar-refractivity contribution in [1.82, 2.24) is 4.90 Å². The van der Waals surface area contributed by atoms with Gasteiger partial charge in [0, 0.05) is 25.4 Å². The number of nitrogens with zero attached hydrogens (tertiary/aromatic N) is 3. The largest absolute Gasteiger partial charge is 0.392 e. The summed E-state index contributed by atoms with van der Waals surface area (Å²) in [4.78, 5) is 13.1. The van der Waals surface area contributed by atoms with Crippen molar-refractivity contribution in [2.75, 3.05) is 13.1 Å². The lowest BCUT2D eigenvalue weighted by Gasteiger charge is -2.43. The number of rotatable bonds is 0. The number of thioether (sulfide) groups is 1. The van der Waals surface area contributed by atoms with E-state index in [-0.39, 0.29) is 5.91 Å². The number of carbonyl (C=O) groups is 1. The first-order valence-electron chi connectivity index (χ1n) is 6.20. The minimum Gasteiger partial charge on any atom is -0.392 e. The molecule has 1 fully saturated rings. The SMILES string of the molecule is CC(=O)N1CCC2(CC1)C(C#N)=C(N)SC(N)=C2C#N. The van der Waals surface area contributed by atoms with Crippen LogP contribution in [-0.2, 0) is 4.79 Å². The van der Waals surface area contributed by atoms with E-state index in [1.165, 1.54) is 6.92 Å². The second kappa shape index (κ2) is 5.10. The first-order chi connectivity index (χ1) is 9.46. The van der Waals surface area contributed by atoms with Crippen molar-refractivity contribution in [3.05, 3.63) is 21.2 Å². The van der Waals surface area contributed by atoms with E-state index in [1.54, 1.807) is 4.90 Å². The molecule has 0 aromatic carbocycles. The number of nitrogens with two attached hydrogens (primary N) is 2. The van der Waals surface area contributed by atoms with Crippen LogP contribution in [0.5, 0.6) is 0 Å². The van der Waals surface area contributed by atoms with E-state index in [1.807, 2.05) is 0 Å². The van der Waals surface area contributed by atoms with Crippen molar-refractivity contribution < 1.29 is 4.79 Å². The standard InChI is InChI=1S/C13H15N5OS/c1-8(19)18-4-2-13(3-5-18)9(6-14)11(16)20-12(17)10(13)7-15/h2-5,16-17H2,1H3. The van der Waals surface area contributed by atoms with Gasteiger partial charge in [0.25, 0.3) is 0 Å². The first kappa shape index (κ1) is 14.3. The van der Waals surface area contributed by atoms with Gasteiger partial charge in [0.05, 0.1) is 33.3 Å². The summed E-state index contributed by atoms with van der Waals surface area (Å²) in [6.45, 7) is 2.51. The lowest BCUT2D eigenvalue weighted by Crippen LogP contribution is -2.45. The zero-order chi connectivity index (χ0) is 14.9. The normalized spacial score (nSPS) is 21.6. The van der Waals surface area contributed by atoms with Crippen molar-refractivity contribution in [1.29, 1.82) is 10.5 Å². The number of likely N-dealkylation sites (tertiary alicyclic amines) is 1. The molecule has 2 aliphatic rings. The molecule has 1 saturated heterocycles. The van der Waals surface area contributed by atoms with E-state index in [4.69, 9.17) is 11.5 Å². The zero-order valence-corrected chi connectivity index (χ0v) is 12.0. The number of hydrogen-bond acceptors (Lipinski definition) is 6. The highest BCUT2D eigenvalue weighted by molar-refractivity contribution is 8.06. The van der Waals surface area contributed by atoms with Gasteiger partial charge >= 0.3 is 0 Å². The molecule has 0 bridgehead atoms. The first-order valence-corrected chi connectivity index (χ1v) is 7.02. The highest BCUT2D eigenvalue weighted by atomic mass is 32.2. The molecule has 0 aromatic heterocycles. The van der Waals surface area contributed by atoms with Crippen molar-refractivity contribution in [2.45, 2.75) is 19.8 Å². The Hall–Kier alpha value is -2.12. The van der Waals surface area contributed by atoms with Gasteiger partial charge in [0.15, 0.2) is 0 Å². The van der Waals surface area contributed by atoms with Crippen LogP contribution in [0.25, 0.3) is 0 Å². The Labute approximate surface area is 121 Å². The molecular weight excluding hydrogens is 274 g/mol. The molecule has 2 rings (SSSR count). The van der Waals surface area contributed by atoms with Crippen molar-refractivity contribution in [3.63, 3.8) is 0 Å². The highest BCUT2D eigenvalue weighted by Gasteiger charge is 2.47. The molecule has 0 unspecified atom stereocenters. The van der Waals surface area contributed by atoms with Crippen molar-refractivity contribution in [3.8, 4) is 12.1 Å². The number of amides is 1. The molecule has 1 amide bonds. The van der Waals surface area contributed by atoms with Crippen LogP contribution >= 0.6 is 11.8 Å². The van der Waals surface area contributed by atoms with Gasteiger partial charge in [0.1, 0.15) is 0 Å². The van der Waals surface area contributed by atoms with Crippen LogP contribution in [0.1, 0.15) is 19.8 Å². The van der Waals surface area contributed by atoms with E-state index in [2.05, 4.69) is 12.1 Å². The number of hydrogen-bond donors (Lipinski definition) is 2. The van der Waals surface area contributed by atoms with Gasteiger partial charge in [-0.15, -0.1) is 0 Å². The minimum atomic E-state index is -0.727. The molecule has 0 aliphatic carbocycles. The molecule has 2 aliphatic heterocycles. The van der Waals surface area contributed by atoms with Crippen LogP contribution in [0.3, 0.4) is 0 Å². The maximum atomic E-state index is 11.4. The molecule has 0 radical (unpaired) electrons. The number of carbonyl (C=O) groups excluding carboxylic acids is 1. The third-order valence-electron chi connectivity index (χ3n) is 3.96. The Balaban J connectivity index is 2.46. The second-order valence-corrected chi connectivity index (χ2v) is 5.98. The Morgan fingerprint density at radius 1 is 1.20 bits per heavy atom. The molecule has 0 aromatic rings. The fourth-order valence-electron chi connectivity index (χ4n) is 2.84. The van der Waals surface area contributed by atoms with Crippen molar-refractivity contribution >= 4 is 17.7 Å². The molecule has 0 saturated carbocycles. The maximum absolute atomic E-state index is 11.4. The molecule has 4 N–H and O–H groups in total. The molecule has 0 atom stereocenters. The average molecular weight is 289 g/mol. The van der Waals surface area contributed by atoms with Gasteiger partial charge in [-0.2, -0.15) is 10.5 Å². The fraction of sp³-hybridized carbons (Fsp3) is 0.462. The monoisotopic (exact) mass is 289 g/mol. The summed E-state index contributed by atoms with van der Waals surface area (Å²) < 4.78 is 0. The Morgan fingerprint density at radius 3 is 2.00 bits per heavy atom. The van der Waals surface area contributed by atoms with E-state index >= 15 is 0 Å². The zero-order valence-electron chi connectivity index (χ0n) is 11.1. The summed E-state index contributed by atoms with van der Waals surface area (Å²) >= 11 is 1.07. The number of nitriles is 2. The third kappa shape index (κ3) is 2.00. The summed E-state index contributed by atoms with van der Waals surface area (Å²) in [7, 11) is 0. The minimum absolute atomic E-state index is 0.00375. The van der Waals surface area contributed by atoms with Crippen LogP contribution in [0.15, 0.2) is 21.2 Å². The van der Waals surface area contributed by atoms with Gasteiger partial charge in [0.2, 0.25) is 5.91 Å². The average Bonchev–Trinajstić information content (AvgIpc) is 2.39. The topological polar surface area (TPSA) is 120 Å². The molecule has 1 spiro atoms. The Kier molecular flexibility index (Phi) is 3.65. The highest BCUT2D eigenvalue weighted by Crippen LogP contribution is 2.51. The van der Waals surface area contributed by atoms with Crippen LogP contribution in [0, 0.1) is 28.1 Å². The predicted octanol–water partition coefficient (Wildman–Crippen LogP) is 0.750. The number of allylic oxidation sites excluding steroid dienone is 2. The maximum Gasteiger partial charge on any atom is 0.219 e. The van der Waals surface area contributed by atoms with Gasteiger partial charge < -0.3 is 16.4 Å². The number of piperidine rings is 1. The molecular formula is C13H15N5OS. The van der Waals surface area contributed by atoms with Crippen LogP contribution in [-0.4, -0.2) is 23.9 Å². The molecule has 6 nitrogen and oxygen atoms in total. The van der Waals surface area contributed by atoms with Crippen LogP contribution in [0.2, 0.25) is 0 Å². The van der Waals surface area contributed by atoms with E-state index in [0.29, 0.717) is 47.1 Å². The summed E-state index contributed by atoms with van der Waals surface area (Å²) in [6, 6.07) is 4.27. The van der Waals surface area contributed by atoms with Gasteiger partial charge in [-0.25, -0.2) is 0 Å². The third-order valence-corrected chi connectivity index (χ3v) is 4.80. The van der Waals surface area contributed by atoms with E-state index < -0.39 is 5.41 Å². The Bertz CT molecular complexity index is 561. The quantitative estimate of drug-likeness (QED) is 0.679. The van der Waals surface area contributed by atoms with Gasteiger partial charge in [-0.3, -0.25) is 4.79 Å².